The van der Waals surface area contributed by atoms with Crippen LogP contribution < -0.4 is 0 Å². The zero-order valence-electron chi connectivity index (χ0n) is 12.6. The van der Waals surface area contributed by atoms with Crippen LogP contribution in [0.15, 0.2) is 36.5 Å². The van der Waals surface area contributed by atoms with Crippen molar-refractivity contribution in [2.24, 2.45) is 0 Å². The van der Waals surface area contributed by atoms with E-state index >= 15 is 0 Å². The van der Waals surface area contributed by atoms with Crippen LogP contribution in [0.3, 0.4) is 0 Å². The van der Waals surface area contributed by atoms with Crippen LogP contribution in [-0.2, 0) is 4.79 Å². The van der Waals surface area contributed by atoms with Crippen molar-refractivity contribution in [1.29, 1.82) is 0 Å². The van der Waals surface area contributed by atoms with Crippen molar-refractivity contribution in [1.82, 2.24) is 14.9 Å². The smallest absolute Gasteiger partial charge is 0.246 e. The van der Waals surface area contributed by atoms with E-state index in [0.29, 0.717) is 5.69 Å². The third-order valence-electron chi connectivity index (χ3n) is 3.16. The van der Waals surface area contributed by atoms with Gasteiger partial charge in [0.05, 0.1) is 22.9 Å². The zero-order valence-corrected chi connectivity index (χ0v) is 12.6. The minimum atomic E-state index is 0.0358. The molecule has 0 bridgehead atoms. The molecule has 2 aromatic rings. The van der Waals surface area contributed by atoms with Gasteiger partial charge < -0.3 is 4.90 Å². The van der Waals surface area contributed by atoms with Crippen molar-refractivity contribution in [3.8, 4) is 0 Å². The Balaban J connectivity index is 2.12. The fourth-order valence-electron chi connectivity index (χ4n) is 2.19. The zero-order chi connectivity index (χ0) is 15.1. The fraction of sp³-hybridized carbons (Fsp3) is 0.353. The van der Waals surface area contributed by atoms with Crippen molar-refractivity contribution >= 4 is 23.0 Å². The lowest BCUT2D eigenvalue weighted by Crippen LogP contribution is -2.30. The van der Waals surface area contributed by atoms with Crippen LogP contribution >= 0.6 is 0 Å². The van der Waals surface area contributed by atoms with Gasteiger partial charge in [-0.3, -0.25) is 9.78 Å². The second-order valence-corrected chi connectivity index (χ2v) is 4.94. The van der Waals surface area contributed by atoms with Crippen molar-refractivity contribution in [2.45, 2.75) is 26.7 Å². The Hall–Kier alpha value is -2.23. The Bertz CT molecular complexity index is 631. The number of amides is 1. The van der Waals surface area contributed by atoms with E-state index in [4.69, 9.17) is 0 Å². The minimum Gasteiger partial charge on any atom is -0.339 e. The SMILES string of the molecule is CCCN(CCC)C(=O)/C=C/c1cnc2ccccc2n1. The van der Waals surface area contributed by atoms with Gasteiger partial charge in [0.25, 0.3) is 0 Å². The molecule has 0 aliphatic carbocycles. The van der Waals surface area contributed by atoms with Crippen molar-refractivity contribution in [3.05, 3.63) is 42.2 Å². The van der Waals surface area contributed by atoms with Gasteiger partial charge in [-0.05, 0) is 31.1 Å². The van der Waals surface area contributed by atoms with Crippen molar-refractivity contribution in [2.75, 3.05) is 13.1 Å². The highest BCUT2D eigenvalue weighted by Crippen LogP contribution is 2.09. The van der Waals surface area contributed by atoms with Crippen molar-refractivity contribution in [3.63, 3.8) is 0 Å². The number of aromatic nitrogens is 2. The first kappa shape index (κ1) is 15.2. The lowest BCUT2D eigenvalue weighted by Gasteiger charge is -2.19. The van der Waals surface area contributed by atoms with Crippen molar-refractivity contribution < 1.29 is 4.79 Å². The van der Waals surface area contributed by atoms with Gasteiger partial charge in [-0.2, -0.15) is 0 Å². The minimum absolute atomic E-state index is 0.0358. The first-order valence-corrected chi connectivity index (χ1v) is 7.43. The third kappa shape index (κ3) is 4.12. The molecule has 1 aromatic carbocycles. The van der Waals surface area contributed by atoms with Gasteiger partial charge in [-0.25, -0.2) is 4.98 Å². The Morgan fingerprint density at radius 3 is 2.48 bits per heavy atom. The molecule has 0 atom stereocenters. The Morgan fingerprint density at radius 1 is 1.14 bits per heavy atom. The highest BCUT2D eigenvalue weighted by Gasteiger charge is 2.07. The third-order valence-corrected chi connectivity index (χ3v) is 3.16. The summed E-state index contributed by atoms with van der Waals surface area (Å²) in [6.45, 7) is 5.74. The van der Waals surface area contributed by atoms with Crippen LogP contribution in [0.25, 0.3) is 17.1 Å². The number of hydrogen-bond donors (Lipinski definition) is 0. The molecule has 0 spiro atoms. The molecule has 1 amide bonds. The molecule has 21 heavy (non-hydrogen) atoms. The molecule has 0 fully saturated rings. The molecule has 0 saturated carbocycles. The highest BCUT2D eigenvalue weighted by molar-refractivity contribution is 5.91. The lowest BCUT2D eigenvalue weighted by atomic mass is 10.3. The Kier molecular flexibility index (Phi) is 5.43. The van der Waals surface area contributed by atoms with E-state index in [1.807, 2.05) is 29.2 Å². The molecule has 0 aliphatic heterocycles. The maximum atomic E-state index is 12.2. The number of nitrogens with zero attached hydrogens (tertiary/aromatic N) is 3. The molecule has 1 aromatic heterocycles. The van der Waals surface area contributed by atoms with Crippen LogP contribution in [0.1, 0.15) is 32.4 Å². The molecule has 0 N–H and O–H groups in total. The number of hydrogen-bond acceptors (Lipinski definition) is 3. The van der Waals surface area contributed by atoms with Crippen LogP contribution in [-0.4, -0.2) is 33.9 Å². The maximum absolute atomic E-state index is 12.2. The van der Waals surface area contributed by atoms with E-state index in [1.54, 1.807) is 18.3 Å². The summed E-state index contributed by atoms with van der Waals surface area (Å²) in [5.74, 6) is 0.0358. The standard InChI is InChI=1S/C17H21N3O/c1-3-11-20(12-4-2)17(21)10-9-14-13-18-15-7-5-6-8-16(15)19-14/h5-10,13H,3-4,11-12H2,1-2H3/b10-9+. The molecule has 2 rings (SSSR count). The largest absolute Gasteiger partial charge is 0.339 e. The van der Waals surface area contributed by atoms with E-state index in [9.17, 15) is 4.79 Å². The summed E-state index contributed by atoms with van der Waals surface area (Å²) in [6.07, 6.45) is 6.95. The quantitative estimate of drug-likeness (QED) is 0.764. The van der Waals surface area contributed by atoms with Crippen LogP contribution in [0, 0.1) is 0 Å². The van der Waals surface area contributed by atoms with Gasteiger partial charge in [0.1, 0.15) is 0 Å². The van der Waals surface area contributed by atoms with Gasteiger partial charge in [0.15, 0.2) is 0 Å². The average molecular weight is 283 g/mol. The van der Waals surface area contributed by atoms with Gasteiger partial charge >= 0.3 is 0 Å². The molecule has 0 saturated heterocycles. The summed E-state index contributed by atoms with van der Waals surface area (Å²) in [5.41, 5.74) is 2.40. The number of carbonyl (C=O) groups is 1. The van der Waals surface area contributed by atoms with Gasteiger partial charge in [0.2, 0.25) is 5.91 Å². The summed E-state index contributed by atoms with van der Waals surface area (Å²) in [7, 11) is 0. The van der Waals surface area contributed by atoms with Gasteiger partial charge in [0, 0.05) is 19.2 Å². The predicted molar refractivity (Wildman–Crippen MR) is 85.7 cm³/mol. The predicted octanol–water partition coefficient (Wildman–Crippen LogP) is 3.29. The molecule has 0 aliphatic rings. The topological polar surface area (TPSA) is 46.1 Å². The Labute approximate surface area is 125 Å². The molecule has 0 unspecified atom stereocenters. The van der Waals surface area contributed by atoms with Gasteiger partial charge in [-0.1, -0.05) is 26.0 Å². The first-order chi connectivity index (χ1) is 10.2. The van der Waals surface area contributed by atoms with E-state index < -0.39 is 0 Å². The second kappa shape index (κ2) is 7.53. The molecule has 4 heteroatoms. The number of fused-ring (bicyclic) bond motifs is 1. The molecule has 4 nitrogen and oxygen atoms in total. The van der Waals surface area contributed by atoms with Gasteiger partial charge in [-0.15, -0.1) is 0 Å². The summed E-state index contributed by atoms with van der Waals surface area (Å²) in [4.78, 5) is 22.8. The monoisotopic (exact) mass is 283 g/mol. The highest BCUT2D eigenvalue weighted by atomic mass is 16.2. The molecule has 0 radical (unpaired) electrons. The second-order valence-electron chi connectivity index (χ2n) is 4.94. The number of benzene rings is 1. The summed E-state index contributed by atoms with van der Waals surface area (Å²) < 4.78 is 0. The summed E-state index contributed by atoms with van der Waals surface area (Å²) in [6, 6.07) is 7.70. The van der Waals surface area contributed by atoms with E-state index in [1.165, 1.54) is 0 Å². The molecule has 1 heterocycles. The lowest BCUT2D eigenvalue weighted by molar-refractivity contribution is -0.126. The molecular formula is C17H21N3O. The van der Waals surface area contributed by atoms with Crippen LogP contribution in [0.5, 0.6) is 0 Å². The number of para-hydroxylation sites is 2. The number of carbonyl (C=O) groups excluding carboxylic acids is 1. The fourth-order valence-corrected chi connectivity index (χ4v) is 2.19. The van der Waals surface area contributed by atoms with E-state index in [-0.39, 0.29) is 5.91 Å². The van der Waals surface area contributed by atoms with Crippen LogP contribution in [0.4, 0.5) is 0 Å². The molecule has 110 valence electrons. The molecular weight excluding hydrogens is 262 g/mol. The summed E-state index contributed by atoms with van der Waals surface area (Å²) >= 11 is 0. The normalized spacial score (nSPS) is 11.1. The number of rotatable bonds is 6. The summed E-state index contributed by atoms with van der Waals surface area (Å²) in [5, 5.41) is 0. The van der Waals surface area contributed by atoms with Crippen LogP contribution in [0.2, 0.25) is 0 Å². The average Bonchev–Trinajstić information content (AvgIpc) is 2.52. The Morgan fingerprint density at radius 2 is 1.81 bits per heavy atom. The van der Waals surface area contributed by atoms with E-state index in [0.717, 1.165) is 37.0 Å². The maximum Gasteiger partial charge on any atom is 0.246 e. The van der Waals surface area contributed by atoms with E-state index in [2.05, 4.69) is 23.8 Å². The first-order valence-electron chi connectivity index (χ1n) is 7.43.